The van der Waals surface area contributed by atoms with E-state index < -0.39 is 11.7 Å². The quantitative estimate of drug-likeness (QED) is 0.360. The third-order valence-electron chi connectivity index (χ3n) is 6.17. The highest BCUT2D eigenvalue weighted by molar-refractivity contribution is 7.18. The van der Waals surface area contributed by atoms with E-state index in [2.05, 4.69) is 22.4 Å². The number of carbonyl (C=O) groups is 2. The molecule has 3 aromatic rings. The van der Waals surface area contributed by atoms with Gasteiger partial charge in [0.25, 0.3) is 0 Å². The lowest BCUT2D eigenvalue weighted by molar-refractivity contribution is -0.137. The highest BCUT2D eigenvalue weighted by Gasteiger charge is 2.45. The maximum Gasteiger partial charge on any atom is 0.416 e. The normalized spacial score (nSPS) is 17.0. The maximum absolute atomic E-state index is 13.1. The molecule has 1 saturated carbocycles. The van der Waals surface area contributed by atoms with Crippen molar-refractivity contribution in [2.75, 3.05) is 18.4 Å². The minimum Gasteiger partial charge on any atom is -0.342 e. The van der Waals surface area contributed by atoms with Crippen LogP contribution in [0.5, 0.6) is 0 Å². The highest BCUT2D eigenvalue weighted by atomic mass is 32.1. The van der Waals surface area contributed by atoms with Crippen LogP contribution in [0.3, 0.4) is 0 Å². The van der Waals surface area contributed by atoms with Gasteiger partial charge in [0.05, 0.1) is 5.56 Å². The van der Waals surface area contributed by atoms with Crippen LogP contribution in [0.25, 0.3) is 10.6 Å². The molecule has 2 amide bonds. The number of unbranched alkanes of at least 4 members (excludes halogenated alkanes) is 1. The number of carbonyl (C=O) groups excluding carboxylic acids is 2. The fourth-order valence-electron chi connectivity index (χ4n) is 4.06. The predicted octanol–water partition coefficient (Wildman–Crippen LogP) is 5.98. The summed E-state index contributed by atoms with van der Waals surface area (Å²) in [7, 11) is 0. The van der Waals surface area contributed by atoms with Gasteiger partial charge in [-0.15, -0.1) is 10.2 Å². The third-order valence-corrected chi connectivity index (χ3v) is 7.06. The fourth-order valence-corrected chi connectivity index (χ4v) is 4.83. The van der Waals surface area contributed by atoms with Gasteiger partial charge in [-0.1, -0.05) is 67.1 Å². The van der Waals surface area contributed by atoms with Gasteiger partial charge in [-0.2, -0.15) is 13.2 Å². The minimum absolute atomic E-state index is 0.0400. The van der Waals surface area contributed by atoms with Crippen molar-refractivity contribution in [3.63, 3.8) is 0 Å². The first-order valence-corrected chi connectivity index (χ1v) is 12.7. The molecule has 0 spiro atoms. The van der Waals surface area contributed by atoms with Crippen LogP contribution < -0.4 is 5.32 Å². The summed E-state index contributed by atoms with van der Waals surface area (Å²) >= 11 is 1.08. The zero-order chi connectivity index (χ0) is 25.7. The zero-order valence-electron chi connectivity index (χ0n) is 19.8. The van der Waals surface area contributed by atoms with E-state index in [1.807, 2.05) is 30.3 Å². The Morgan fingerprint density at radius 2 is 1.78 bits per heavy atom. The molecule has 1 N–H and O–H groups in total. The Kier molecular flexibility index (Phi) is 8.03. The molecule has 1 aliphatic carbocycles. The Balaban J connectivity index is 1.31. The number of amides is 2. The molecule has 2 unspecified atom stereocenters. The molecule has 4 rings (SSSR count). The van der Waals surface area contributed by atoms with Gasteiger partial charge in [0.2, 0.25) is 16.9 Å². The zero-order valence-corrected chi connectivity index (χ0v) is 20.6. The van der Waals surface area contributed by atoms with Crippen LogP contribution in [0.15, 0.2) is 54.6 Å². The molecule has 2 aromatic carbocycles. The number of halogens is 3. The van der Waals surface area contributed by atoms with Gasteiger partial charge in [0, 0.05) is 31.0 Å². The molecule has 1 fully saturated rings. The van der Waals surface area contributed by atoms with Gasteiger partial charge in [0.15, 0.2) is 0 Å². The van der Waals surface area contributed by atoms with E-state index in [9.17, 15) is 22.8 Å². The molecule has 6 nitrogen and oxygen atoms in total. The first-order valence-electron chi connectivity index (χ1n) is 11.9. The van der Waals surface area contributed by atoms with Gasteiger partial charge in [-0.3, -0.25) is 9.59 Å². The molecule has 0 radical (unpaired) electrons. The SMILES string of the molecule is CCCCN(CCC(=O)Nc1nnc(-c2ccc(C(F)(F)F)cc2)s1)C(=O)C1CC1c1ccccc1. The van der Waals surface area contributed by atoms with Crippen molar-refractivity contribution in [1.29, 1.82) is 0 Å². The minimum atomic E-state index is -4.41. The molecule has 10 heteroatoms. The highest BCUT2D eigenvalue weighted by Crippen LogP contribution is 2.48. The van der Waals surface area contributed by atoms with Crippen LogP contribution in [0.1, 0.15) is 49.7 Å². The summed E-state index contributed by atoms with van der Waals surface area (Å²) in [6, 6.07) is 14.6. The van der Waals surface area contributed by atoms with Gasteiger partial charge < -0.3 is 10.2 Å². The molecule has 1 heterocycles. The monoisotopic (exact) mass is 516 g/mol. The number of nitrogens with one attached hydrogen (secondary N) is 1. The summed E-state index contributed by atoms with van der Waals surface area (Å²) in [6.07, 6.45) is -1.65. The van der Waals surface area contributed by atoms with Crippen molar-refractivity contribution in [3.05, 3.63) is 65.7 Å². The van der Waals surface area contributed by atoms with Crippen LogP contribution in [-0.4, -0.2) is 40.0 Å². The molecular formula is C26H27F3N4O2S. The average Bonchev–Trinajstić information content (AvgIpc) is 3.54. The van der Waals surface area contributed by atoms with Crippen molar-refractivity contribution < 1.29 is 22.8 Å². The number of benzene rings is 2. The summed E-state index contributed by atoms with van der Waals surface area (Å²) in [6.45, 7) is 2.98. The van der Waals surface area contributed by atoms with Crippen molar-refractivity contribution in [3.8, 4) is 10.6 Å². The third kappa shape index (κ3) is 6.48. The van der Waals surface area contributed by atoms with E-state index in [1.165, 1.54) is 17.7 Å². The Bertz CT molecular complexity index is 1180. The molecule has 0 bridgehead atoms. The number of hydrogen-bond donors (Lipinski definition) is 1. The number of hydrogen-bond acceptors (Lipinski definition) is 5. The first kappa shape index (κ1) is 25.8. The second-order valence-corrected chi connectivity index (χ2v) is 9.80. The molecule has 2 atom stereocenters. The molecule has 0 saturated heterocycles. The lowest BCUT2D eigenvalue weighted by atomic mass is 10.1. The van der Waals surface area contributed by atoms with Crippen molar-refractivity contribution >= 4 is 28.3 Å². The van der Waals surface area contributed by atoms with E-state index in [1.54, 1.807) is 4.90 Å². The smallest absolute Gasteiger partial charge is 0.342 e. The number of anilines is 1. The van der Waals surface area contributed by atoms with Crippen LogP contribution in [0.2, 0.25) is 0 Å². The van der Waals surface area contributed by atoms with Crippen LogP contribution >= 0.6 is 11.3 Å². The predicted molar refractivity (Wildman–Crippen MR) is 132 cm³/mol. The standard InChI is InChI=1S/C26H27F3N4O2S/c1-2-3-14-33(24(35)21-16-20(21)17-7-5-4-6-8-17)15-13-22(34)30-25-32-31-23(36-25)18-9-11-19(12-10-18)26(27,28)29/h4-12,20-21H,2-3,13-16H2,1H3,(H,30,32,34). The molecule has 1 aromatic heterocycles. The number of aromatic nitrogens is 2. The molecule has 1 aliphatic rings. The molecule has 36 heavy (non-hydrogen) atoms. The van der Waals surface area contributed by atoms with Gasteiger partial charge in [-0.25, -0.2) is 0 Å². The van der Waals surface area contributed by atoms with Crippen molar-refractivity contribution in [1.82, 2.24) is 15.1 Å². The van der Waals surface area contributed by atoms with Gasteiger partial charge in [0.1, 0.15) is 5.01 Å². The van der Waals surface area contributed by atoms with E-state index in [0.29, 0.717) is 23.7 Å². The number of rotatable bonds is 10. The van der Waals surface area contributed by atoms with Crippen LogP contribution in [-0.2, 0) is 15.8 Å². The fraction of sp³-hybridized carbons (Fsp3) is 0.385. The Hall–Kier alpha value is -3.27. The number of nitrogens with zero attached hydrogens (tertiary/aromatic N) is 3. The molecule has 0 aliphatic heterocycles. The second kappa shape index (κ2) is 11.2. The van der Waals surface area contributed by atoms with E-state index >= 15 is 0 Å². The lowest BCUT2D eigenvalue weighted by Gasteiger charge is -2.22. The Morgan fingerprint density at radius 1 is 1.06 bits per heavy atom. The van der Waals surface area contributed by atoms with Crippen molar-refractivity contribution in [2.45, 2.75) is 44.7 Å². The summed E-state index contributed by atoms with van der Waals surface area (Å²) < 4.78 is 38.3. The van der Waals surface area contributed by atoms with E-state index in [0.717, 1.165) is 42.7 Å². The largest absolute Gasteiger partial charge is 0.416 e. The molecular weight excluding hydrogens is 489 g/mol. The number of alkyl halides is 3. The van der Waals surface area contributed by atoms with E-state index in [-0.39, 0.29) is 35.2 Å². The second-order valence-electron chi connectivity index (χ2n) is 8.82. The summed E-state index contributed by atoms with van der Waals surface area (Å²) in [5, 5.41) is 11.2. The Labute approximate surface area is 211 Å². The van der Waals surface area contributed by atoms with Crippen LogP contribution in [0, 0.1) is 5.92 Å². The summed E-state index contributed by atoms with van der Waals surface area (Å²) in [4.78, 5) is 27.4. The first-order chi connectivity index (χ1) is 17.3. The summed E-state index contributed by atoms with van der Waals surface area (Å²) in [5.41, 5.74) is 0.909. The van der Waals surface area contributed by atoms with Crippen molar-refractivity contribution in [2.24, 2.45) is 5.92 Å². The lowest BCUT2D eigenvalue weighted by Crippen LogP contribution is -2.36. The average molecular weight is 517 g/mol. The maximum atomic E-state index is 13.1. The van der Waals surface area contributed by atoms with Crippen LogP contribution in [0.4, 0.5) is 18.3 Å². The van der Waals surface area contributed by atoms with E-state index in [4.69, 9.17) is 0 Å². The topological polar surface area (TPSA) is 75.2 Å². The Morgan fingerprint density at radius 3 is 2.44 bits per heavy atom. The summed E-state index contributed by atoms with van der Waals surface area (Å²) in [5.74, 6) is -0.0103. The molecule has 190 valence electrons. The van der Waals surface area contributed by atoms with Gasteiger partial charge in [-0.05, 0) is 36.5 Å². The van der Waals surface area contributed by atoms with Gasteiger partial charge >= 0.3 is 6.18 Å².